The molecule has 1 saturated heterocycles. The Morgan fingerprint density at radius 1 is 1.28 bits per heavy atom. The molecule has 1 aliphatic rings. The van der Waals surface area contributed by atoms with Crippen molar-refractivity contribution in [1.29, 1.82) is 0 Å². The minimum atomic E-state index is -1.25. The number of carbonyl (C=O) groups excluding carboxylic acids is 1. The zero-order valence-corrected chi connectivity index (χ0v) is 11.5. The van der Waals surface area contributed by atoms with Gasteiger partial charge in [-0.25, -0.2) is 0 Å². The lowest BCUT2D eigenvalue weighted by Gasteiger charge is -2.14. The number of carbonyl (C=O) groups is 1. The molecular formula is C13H16N2O2S. The minimum absolute atomic E-state index is 0.175. The van der Waals surface area contributed by atoms with Crippen molar-refractivity contribution >= 4 is 22.4 Å². The van der Waals surface area contributed by atoms with Crippen molar-refractivity contribution in [2.45, 2.75) is 6.92 Å². The molecule has 0 saturated carbocycles. The molecule has 96 valence electrons. The first kappa shape index (κ1) is 12.8. The molecule has 4 nitrogen and oxygen atoms in total. The monoisotopic (exact) mass is 264 g/mol. The fourth-order valence-corrected chi connectivity index (χ4v) is 3.01. The summed E-state index contributed by atoms with van der Waals surface area (Å²) < 4.78 is 11.9. The molecule has 1 aliphatic heterocycles. The SMILES string of the molecule is Cc1ccc(N2C[S@](=O)/C(=C/N(C)C)C2=O)cc1. The second kappa shape index (κ2) is 4.94. The second-order valence-electron chi connectivity index (χ2n) is 4.50. The molecule has 1 aromatic rings. The summed E-state index contributed by atoms with van der Waals surface area (Å²) in [5, 5.41) is 0. The van der Waals surface area contributed by atoms with Crippen LogP contribution in [0.2, 0.25) is 0 Å². The number of hydrogen-bond donors (Lipinski definition) is 0. The summed E-state index contributed by atoms with van der Waals surface area (Å²) in [6.07, 6.45) is 1.63. The fourth-order valence-electron chi connectivity index (χ4n) is 1.74. The Balaban J connectivity index is 2.31. The van der Waals surface area contributed by atoms with E-state index < -0.39 is 10.8 Å². The van der Waals surface area contributed by atoms with Crippen molar-refractivity contribution in [3.63, 3.8) is 0 Å². The van der Waals surface area contributed by atoms with E-state index in [1.165, 1.54) is 0 Å². The van der Waals surface area contributed by atoms with E-state index in [4.69, 9.17) is 0 Å². The quantitative estimate of drug-likeness (QED) is 0.759. The van der Waals surface area contributed by atoms with Crippen LogP contribution in [0.1, 0.15) is 5.56 Å². The largest absolute Gasteiger partial charge is 0.382 e. The Bertz CT molecular complexity index is 520. The van der Waals surface area contributed by atoms with Crippen LogP contribution in [0, 0.1) is 6.92 Å². The Labute approximate surface area is 109 Å². The Morgan fingerprint density at radius 3 is 2.44 bits per heavy atom. The van der Waals surface area contributed by atoms with Crippen LogP contribution in [0.3, 0.4) is 0 Å². The van der Waals surface area contributed by atoms with Gasteiger partial charge in [-0.3, -0.25) is 13.9 Å². The number of hydrogen-bond acceptors (Lipinski definition) is 3. The van der Waals surface area contributed by atoms with E-state index in [-0.39, 0.29) is 11.8 Å². The van der Waals surface area contributed by atoms with Gasteiger partial charge in [-0.2, -0.15) is 0 Å². The van der Waals surface area contributed by atoms with Crippen LogP contribution in [-0.2, 0) is 15.6 Å². The molecule has 1 aromatic carbocycles. The van der Waals surface area contributed by atoms with Crippen molar-refractivity contribution in [3.8, 4) is 0 Å². The first-order valence-corrected chi connectivity index (χ1v) is 6.96. The lowest BCUT2D eigenvalue weighted by molar-refractivity contribution is -0.114. The molecule has 0 spiro atoms. The van der Waals surface area contributed by atoms with E-state index in [1.807, 2.05) is 45.3 Å². The van der Waals surface area contributed by atoms with Crippen molar-refractivity contribution in [3.05, 3.63) is 40.9 Å². The zero-order valence-electron chi connectivity index (χ0n) is 10.7. The van der Waals surface area contributed by atoms with Gasteiger partial charge in [0.25, 0.3) is 5.91 Å². The van der Waals surface area contributed by atoms with Gasteiger partial charge in [0.05, 0.1) is 10.8 Å². The molecule has 0 unspecified atom stereocenters. The van der Waals surface area contributed by atoms with Crippen LogP contribution in [0.15, 0.2) is 35.4 Å². The lowest BCUT2D eigenvalue weighted by atomic mass is 10.2. The van der Waals surface area contributed by atoms with Crippen LogP contribution >= 0.6 is 0 Å². The van der Waals surface area contributed by atoms with Gasteiger partial charge in [-0.1, -0.05) is 17.7 Å². The van der Waals surface area contributed by atoms with Crippen LogP contribution < -0.4 is 4.90 Å². The number of anilines is 1. The summed E-state index contributed by atoms with van der Waals surface area (Å²) in [6.45, 7) is 1.99. The molecule has 5 heteroatoms. The van der Waals surface area contributed by atoms with E-state index >= 15 is 0 Å². The molecule has 0 bridgehead atoms. The number of amides is 1. The van der Waals surface area contributed by atoms with Crippen molar-refractivity contribution < 1.29 is 9.00 Å². The highest BCUT2D eigenvalue weighted by molar-refractivity contribution is 7.90. The first-order chi connectivity index (χ1) is 8.49. The van der Waals surface area contributed by atoms with Crippen LogP contribution in [0.25, 0.3) is 0 Å². The Kier molecular flexibility index (Phi) is 3.52. The van der Waals surface area contributed by atoms with E-state index in [9.17, 15) is 9.00 Å². The van der Waals surface area contributed by atoms with Gasteiger partial charge in [-0.15, -0.1) is 0 Å². The van der Waals surface area contributed by atoms with E-state index in [0.717, 1.165) is 11.3 Å². The standard InChI is InChI=1S/C13H16N2O2S/c1-10-4-6-11(7-5-10)15-9-18(17)12(13(15)16)8-14(2)3/h4-8H,9H2,1-3H3/b12-8+/t18-/m0/s1. The topological polar surface area (TPSA) is 40.6 Å². The Hall–Kier alpha value is -1.62. The lowest BCUT2D eigenvalue weighted by Crippen LogP contribution is -2.24. The van der Waals surface area contributed by atoms with E-state index in [2.05, 4.69) is 0 Å². The maximum absolute atomic E-state index is 12.2. The van der Waals surface area contributed by atoms with E-state index in [1.54, 1.807) is 16.0 Å². The average Bonchev–Trinajstić information content (AvgIpc) is 2.58. The smallest absolute Gasteiger partial charge is 0.269 e. The molecule has 18 heavy (non-hydrogen) atoms. The molecule has 0 aliphatic carbocycles. The number of aryl methyl sites for hydroxylation is 1. The van der Waals surface area contributed by atoms with Crippen molar-refractivity contribution in [2.75, 3.05) is 24.9 Å². The third-order valence-electron chi connectivity index (χ3n) is 2.67. The summed E-state index contributed by atoms with van der Waals surface area (Å²) >= 11 is 0. The highest BCUT2D eigenvalue weighted by atomic mass is 32.2. The zero-order chi connectivity index (χ0) is 13.3. The van der Waals surface area contributed by atoms with Gasteiger partial charge in [0.1, 0.15) is 10.8 Å². The van der Waals surface area contributed by atoms with Crippen molar-refractivity contribution in [1.82, 2.24) is 4.90 Å². The average molecular weight is 264 g/mol. The molecule has 1 atom stereocenters. The number of benzene rings is 1. The van der Waals surface area contributed by atoms with Gasteiger partial charge >= 0.3 is 0 Å². The molecule has 1 fully saturated rings. The second-order valence-corrected chi connectivity index (χ2v) is 5.89. The first-order valence-electron chi connectivity index (χ1n) is 5.64. The van der Waals surface area contributed by atoms with Crippen LogP contribution in [0.5, 0.6) is 0 Å². The molecule has 0 N–H and O–H groups in total. The molecule has 1 amide bonds. The maximum atomic E-state index is 12.2. The van der Waals surface area contributed by atoms with Gasteiger partial charge in [0.15, 0.2) is 0 Å². The third-order valence-corrected chi connectivity index (χ3v) is 3.93. The summed E-state index contributed by atoms with van der Waals surface area (Å²) in [4.78, 5) is 15.8. The summed E-state index contributed by atoms with van der Waals surface area (Å²) in [6, 6.07) is 7.64. The van der Waals surface area contributed by atoms with Crippen LogP contribution in [-0.4, -0.2) is 35.0 Å². The molecule has 2 rings (SSSR count). The number of nitrogens with zero attached hydrogens (tertiary/aromatic N) is 2. The van der Waals surface area contributed by atoms with Crippen molar-refractivity contribution in [2.24, 2.45) is 0 Å². The third kappa shape index (κ3) is 2.46. The molecule has 0 radical (unpaired) electrons. The molecule has 1 heterocycles. The maximum Gasteiger partial charge on any atom is 0.269 e. The summed E-state index contributed by atoms with van der Waals surface area (Å²) in [7, 11) is 2.37. The van der Waals surface area contributed by atoms with Gasteiger partial charge in [-0.05, 0) is 19.1 Å². The predicted molar refractivity (Wildman–Crippen MR) is 73.4 cm³/mol. The van der Waals surface area contributed by atoms with Gasteiger partial charge in [0, 0.05) is 26.0 Å². The molecule has 0 aromatic heterocycles. The predicted octanol–water partition coefficient (Wildman–Crippen LogP) is 1.45. The van der Waals surface area contributed by atoms with E-state index in [0.29, 0.717) is 4.91 Å². The minimum Gasteiger partial charge on any atom is -0.382 e. The number of rotatable bonds is 2. The normalized spacial score (nSPS) is 21.7. The van der Waals surface area contributed by atoms with Gasteiger partial charge < -0.3 is 4.90 Å². The molecular weight excluding hydrogens is 248 g/mol. The Morgan fingerprint density at radius 2 is 1.89 bits per heavy atom. The fraction of sp³-hybridized carbons (Fsp3) is 0.308. The highest BCUT2D eigenvalue weighted by Crippen LogP contribution is 2.25. The summed E-state index contributed by atoms with van der Waals surface area (Å²) in [5.41, 5.74) is 1.93. The summed E-state index contributed by atoms with van der Waals surface area (Å²) in [5.74, 6) is 0.0626. The van der Waals surface area contributed by atoms with Gasteiger partial charge in [0.2, 0.25) is 0 Å². The highest BCUT2D eigenvalue weighted by Gasteiger charge is 2.33. The van der Waals surface area contributed by atoms with Crippen LogP contribution in [0.4, 0.5) is 5.69 Å².